The molecule has 218 valence electrons. The summed E-state index contributed by atoms with van der Waals surface area (Å²) in [5, 5.41) is 0. The van der Waals surface area contributed by atoms with Crippen LogP contribution in [0.3, 0.4) is 0 Å². The molecule has 2 atom stereocenters. The van der Waals surface area contributed by atoms with Gasteiger partial charge in [0, 0.05) is 44.7 Å². The summed E-state index contributed by atoms with van der Waals surface area (Å²) in [6.45, 7) is 9.53. The SMILES string of the molecule is CCCCN(CCCCN)C(=O)CN1C[C@H](c2cc(OC)c3c(c2)OCO3)CC1(C)CCN1CCCCC1=O. The molecule has 3 aliphatic rings. The van der Waals surface area contributed by atoms with E-state index in [0.29, 0.717) is 36.8 Å². The van der Waals surface area contributed by atoms with Crippen molar-refractivity contribution in [2.24, 2.45) is 5.73 Å². The largest absolute Gasteiger partial charge is 0.493 e. The van der Waals surface area contributed by atoms with Crippen molar-refractivity contribution >= 4 is 11.8 Å². The summed E-state index contributed by atoms with van der Waals surface area (Å²) in [6.07, 6.45) is 8.35. The van der Waals surface area contributed by atoms with Crippen LogP contribution in [0.1, 0.15) is 83.1 Å². The third-order valence-corrected chi connectivity index (χ3v) is 8.73. The normalized spacial score (nSPS) is 22.9. The molecular formula is C30H48N4O5. The highest BCUT2D eigenvalue weighted by Crippen LogP contribution is 2.47. The van der Waals surface area contributed by atoms with E-state index in [0.717, 1.165) is 89.7 Å². The average Bonchev–Trinajstić information content (AvgIpc) is 3.54. The van der Waals surface area contributed by atoms with E-state index in [1.54, 1.807) is 7.11 Å². The fraction of sp³-hybridized carbons (Fsp3) is 0.733. The second-order valence-corrected chi connectivity index (χ2v) is 11.6. The summed E-state index contributed by atoms with van der Waals surface area (Å²) in [6, 6.07) is 4.12. The molecule has 39 heavy (non-hydrogen) atoms. The van der Waals surface area contributed by atoms with Gasteiger partial charge in [-0.2, -0.15) is 0 Å². The van der Waals surface area contributed by atoms with E-state index in [4.69, 9.17) is 19.9 Å². The Morgan fingerprint density at radius 1 is 1.21 bits per heavy atom. The van der Waals surface area contributed by atoms with Crippen LogP contribution in [-0.4, -0.2) is 91.8 Å². The van der Waals surface area contributed by atoms with Gasteiger partial charge in [0.1, 0.15) is 0 Å². The number of nitrogens with zero attached hydrogens (tertiary/aromatic N) is 3. The Labute approximate surface area is 233 Å². The molecule has 1 aromatic carbocycles. The lowest BCUT2D eigenvalue weighted by atomic mass is 9.87. The molecule has 9 nitrogen and oxygen atoms in total. The van der Waals surface area contributed by atoms with Crippen molar-refractivity contribution in [1.82, 2.24) is 14.7 Å². The highest BCUT2D eigenvalue weighted by Gasteiger charge is 2.44. The molecule has 2 N–H and O–H groups in total. The molecule has 0 saturated carbocycles. The van der Waals surface area contributed by atoms with E-state index >= 15 is 0 Å². The van der Waals surface area contributed by atoms with E-state index < -0.39 is 0 Å². The van der Waals surface area contributed by atoms with Gasteiger partial charge >= 0.3 is 0 Å². The first-order valence-electron chi connectivity index (χ1n) is 14.9. The van der Waals surface area contributed by atoms with Crippen LogP contribution in [-0.2, 0) is 9.59 Å². The van der Waals surface area contributed by atoms with E-state index in [1.807, 2.05) is 9.80 Å². The second-order valence-electron chi connectivity index (χ2n) is 11.6. The van der Waals surface area contributed by atoms with Crippen LogP contribution in [0.4, 0.5) is 0 Å². The molecule has 0 spiro atoms. The van der Waals surface area contributed by atoms with Crippen LogP contribution in [0.15, 0.2) is 12.1 Å². The zero-order chi connectivity index (χ0) is 27.8. The van der Waals surface area contributed by atoms with Gasteiger partial charge in [0.05, 0.1) is 13.7 Å². The Bertz CT molecular complexity index is 988. The minimum atomic E-state index is -0.213. The summed E-state index contributed by atoms with van der Waals surface area (Å²) in [7, 11) is 1.65. The van der Waals surface area contributed by atoms with Crippen molar-refractivity contribution in [2.45, 2.75) is 83.1 Å². The molecule has 0 radical (unpaired) electrons. The van der Waals surface area contributed by atoms with Gasteiger partial charge in [0.2, 0.25) is 24.4 Å². The Morgan fingerprint density at radius 2 is 2.03 bits per heavy atom. The molecule has 4 rings (SSSR count). The highest BCUT2D eigenvalue weighted by molar-refractivity contribution is 5.78. The Morgan fingerprint density at radius 3 is 2.77 bits per heavy atom. The van der Waals surface area contributed by atoms with E-state index in [9.17, 15) is 9.59 Å². The van der Waals surface area contributed by atoms with Gasteiger partial charge < -0.3 is 29.7 Å². The van der Waals surface area contributed by atoms with Crippen molar-refractivity contribution in [3.63, 3.8) is 0 Å². The van der Waals surface area contributed by atoms with Crippen LogP contribution in [0.2, 0.25) is 0 Å². The van der Waals surface area contributed by atoms with Crippen LogP contribution < -0.4 is 19.9 Å². The van der Waals surface area contributed by atoms with Gasteiger partial charge in [0.25, 0.3) is 0 Å². The van der Waals surface area contributed by atoms with Crippen LogP contribution in [0, 0.1) is 0 Å². The number of rotatable bonds is 14. The monoisotopic (exact) mass is 544 g/mol. The molecular weight excluding hydrogens is 496 g/mol. The first kappa shape index (κ1) is 29.5. The number of hydrogen-bond acceptors (Lipinski definition) is 7. The summed E-state index contributed by atoms with van der Waals surface area (Å²) < 4.78 is 16.9. The number of hydrogen-bond donors (Lipinski definition) is 1. The van der Waals surface area contributed by atoms with Crippen molar-refractivity contribution in [2.75, 3.05) is 59.7 Å². The predicted molar refractivity (Wildman–Crippen MR) is 151 cm³/mol. The average molecular weight is 545 g/mol. The molecule has 3 aliphatic heterocycles. The van der Waals surface area contributed by atoms with Crippen molar-refractivity contribution in [1.29, 1.82) is 0 Å². The fourth-order valence-corrected chi connectivity index (χ4v) is 6.23. The van der Waals surface area contributed by atoms with Crippen molar-refractivity contribution in [3.05, 3.63) is 17.7 Å². The number of piperidine rings is 1. The van der Waals surface area contributed by atoms with E-state index in [2.05, 4.69) is 30.9 Å². The maximum absolute atomic E-state index is 13.7. The lowest BCUT2D eigenvalue weighted by molar-refractivity contribution is -0.135. The van der Waals surface area contributed by atoms with Gasteiger partial charge in [-0.05, 0) is 82.0 Å². The van der Waals surface area contributed by atoms with Crippen molar-refractivity contribution < 1.29 is 23.8 Å². The topological polar surface area (TPSA) is 97.6 Å². The second kappa shape index (κ2) is 13.7. The standard InChI is InChI=1S/C30H48N4O5/c1-4-5-13-32(15-9-7-12-31)28(36)21-34-20-24(23-17-25(37-3)29-26(18-23)38-22-39-29)19-30(34,2)11-16-33-14-8-6-10-27(33)35/h17-18,24H,4-16,19-22,31H2,1-3H3/t24-,30?/m1/s1. The zero-order valence-electron chi connectivity index (χ0n) is 24.2. The molecule has 1 aromatic rings. The van der Waals surface area contributed by atoms with Crippen LogP contribution in [0.5, 0.6) is 17.2 Å². The van der Waals surface area contributed by atoms with Crippen LogP contribution in [0.25, 0.3) is 0 Å². The molecule has 0 bridgehead atoms. The van der Waals surface area contributed by atoms with Crippen LogP contribution >= 0.6 is 0 Å². The lowest BCUT2D eigenvalue weighted by Gasteiger charge is -2.38. The quantitative estimate of drug-likeness (QED) is 0.356. The molecule has 2 fully saturated rings. The number of carbonyl (C=O) groups excluding carboxylic acids is 2. The van der Waals surface area contributed by atoms with Gasteiger partial charge in [-0.3, -0.25) is 14.5 Å². The smallest absolute Gasteiger partial charge is 0.236 e. The number of fused-ring (bicyclic) bond motifs is 1. The summed E-state index contributed by atoms with van der Waals surface area (Å²) in [4.78, 5) is 32.6. The summed E-state index contributed by atoms with van der Waals surface area (Å²) in [5.41, 5.74) is 6.65. The molecule has 3 heterocycles. The van der Waals surface area contributed by atoms with Gasteiger partial charge in [-0.25, -0.2) is 0 Å². The molecule has 0 aromatic heterocycles. The molecule has 2 amide bonds. The molecule has 1 unspecified atom stereocenters. The maximum atomic E-state index is 13.7. The highest BCUT2D eigenvalue weighted by atomic mass is 16.7. The molecule has 2 saturated heterocycles. The molecule has 0 aliphatic carbocycles. The summed E-state index contributed by atoms with van der Waals surface area (Å²) >= 11 is 0. The third-order valence-electron chi connectivity index (χ3n) is 8.73. The summed E-state index contributed by atoms with van der Waals surface area (Å²) in [5.74, 6) is 2.70. The number of unbranched alkanes of at least 4 members (excludes halogenated alkanes) is 2. The Kier molecular flexibility index (Phi) is 10.4. The number of likely N-dealkylation sites (tertiary alicyclic amines) is 2. The van der Waals surface area contributed by atoms with Gasteiger partial charge in [0.15, 0.2) is 11.5 Å². The first-order valence-corrected chi connectivity index (χ1v) is 14.9. The zero-order valence-corrected chi connectivity index (χ0v) is 24.2. The van der Waals surface area contributed by atoms with Gasteiger partial charge in [-0.15, -0.1) is 0 Å². The van der Waals surface area contributed by atoms with Gasteiger partial charge in [-0.1, -0.05) is 13.3 Å². The number of nitrogens with two attached hydrogens (primary N) is 1. The third kappa shape index (κ3) is 7.17. The number of methoxy groups -OCH3 is 1. The Balaban J connectivity index is 1.53. The first-order chi connectivity index (χ1) is 18.9. The van der Waals surface area contributed by atoms with Crippen molar-refractivity contribution in [3.8, 4) is 17.2 Å². The minimum absolute atomic E-state index is 0.185. The number of amides is 2. The predicted octanol–water partition coefficient (Wildman–Crippen LogP) is 3.74. The number of carbonyl (C=O) groups is 2. The lowest BCUT2D eigenvalue weighted by Crippen LogP contribution is -2.50. The fourth-order valence-electron chi connectivity index (χ4n) is 6.23. The Hall–Kier alpha value is -2.52. The molecule has 9 heteroatoms. The van der Waals surface area contributed by atoms with E-state index in [-0.39, 0.29) is 30.1 Å². The number of ether oxygens (including phenoxy) is 3. The maximum Gasteiger partial charge on any atom is 0.236 e. The number of benzene rings is 1. The van der Waals surface area contributed by atoms with E-state index in [1.165, 1.54) is 0 Å². The minimum Gasteiger partial charge on any atom is -0.493 e.